The lowest BCUT2D eigenvalue weighted by Gasteiger charge is -2.13. The molecule has 1 heterocycles. The Balaban J connectivity index is 2.35. The van der Waals surface area contributed by atoms with Crippen molar-refractivity contribution in [3.05, 3.63) is 36.5 Å². The van der Waals surface area contributed by atoms with Gasteiger partial charge in [0, 0.05) is 20.3 Å². The third-order valence-corrected chi connectivity index (χ3v) is 4.03. The summed E-state index contributed by atoms with van der Waals surface area (Å²) >= 11 is 0. The van der Waals surface area contributed by atoms with Crippen molar-refractivity contribution in [2.24, 2.45) is 0 Å². The van der Waals surface area contributed by atoms with Crippen molar-refractivity contribution in [3.63, 3.8) is 0 Å². The van der Waals surface area contributed by atoms with Crippen LogP contribution in [0.15, 0.2) is 41.4 Å². The summed E-state index contributed by atoms with van der Waals surface area (Å²) in [4.78, 5) is 9.89. The highest BCUT2D eigenvalue weighted by Crippen LogP contribution is 2.24. The number of sulfonamides is 1. The number of hydrogen-bond acceptors (Lipinski definition) is 6. The summed E-state index contributed by atoms with van der Waals surface area (Å²) in [6.45, 7) is 0. The largest absolute Gasteiger partial charge is 0.495 e. The van der Waals surface area contributed by atoms with Crippen molar-refractivity contribution in [2.75, 3.05) is 30.8 Å². The molecule has 2 aromatic rings. The summed E-state index contributed by atoms with van der Waals surface area (Å²) in [6, 6.07) is 7.87. The summed E-state index contributed by atoms with van der Waals surface area (Å²) in [7, 11) is 1.18. The topological polar surface area (TPSA) is 84.4 Å². The zero-order valence-corrected chi connectivity index (χ0v) is 12.8. The number of nitrogens with zero attached hydrogens (tertiary/aromatic N) is 3. The molecule has 112 valence electrons. The molecule has 0 saturated heterocycles. The highest BCUT2D eigenvalue weighted by molar-refractivity contribution is 7.92. The van der Waals surface area contributed by atoms with Crippen LogP contribution in [0.1, 0.15) is 0 Å². The Bertz CT molecular complexity index is 732. The Morgan fingerprint density at radius 3 is 2.57 bits per heavy atom. The fraction of sp³-hybridized carbons (Fsp3) is 0.231. The molecule has 7 nitrogen and oxygen atoms in total. The van der Waals surface area contributed by atoms with Crippen LogP contribution in [0.25, 0.3) is 0 Å². The van der Waals surface area contributed by atoms with Gasteiger partial charge in [-0.25, -0.2) is 13.4 Å². The Morgan fingerprint density at radius 1 is 1.19 bits per heavy atom. The second kappa shape index (κ2) is 5.96. The molecule has 8 heteroatoms. The second-order valence-electron chi connectivity index (χ2n) is 4.39. The minimum atomic E-state index is -3.78. The number of hydrogen-bond donors (Lipinski definition) is 1. The van der Waals surface area contributed by atoms with E-state index >= 15 is 0 Å². The standard InChI is InChI=1S/C13H16N4O3S/c1-17(2)13-14-9-8-12(15-13)16-21(18,19)11-7-5-4-6-10(11)20-3/h4-9H,1-3H3,(H,14,15,16). The van der Waals surface area contributed by atoms with Crippen LogP contribution < -0.4 is 14.4 Å². The molecule has 0 saturated carbocycles. The second-order valence-corrected chi connectivity index (χ2v) is 6.04. The van der Waals surface area contributed by atoms with Crippen LogP contribution in [0.3, 0.4) is 0 Å². The maximum Gasteiger partial charge on any atom is 0.266 e. The van der Waals surface area contributed by atoms with Gasteiger partial charge in [-0.05, 0) is 18.2 Å². The third-order valence-electron chi connectivity index (χ3n) is 2.64. The molecule has 0 atom stereocenters. The zero-order chi connectivity index (χ0) is 15.5. The quantitative estimate of drug-likeness (QED) is 0.897. The van der Waals surface area contributed by atoms with Crippen molar-refractivity contribution >= 4 is 21.8 Å². The maximum atomic E-state index is 12.4. The van der Waals surface area contributed by atoms with Gasteiger partial charge in [0.2, 0.25) is 5.95 Å². The van der Waals surface area contributed by atoms with Gasteiger partial charge >= 0.3 is 0 Å². The molecule has 0 amide bonds. The number of benzene rings is 1. The van der Waals surface area contributed by atoms with Crippen molar-refractivity contribution in [1.82, 2.24) is 9.97 Å². The highest BCUT2D eigenvalue weighted by Gasteiger charge is 2.19. The SMILES string of the molecule is COc1ccccc1S(=O)(=O)Nc1ccnc(N(C)C)n1. The molecule has 1 N–H and O–H groups in total. The van der Waals surface area contributed by atoms with Crippen molar-refractivity contribution < 1.29 is 13.2 Å². The lowest BCUT2D eigenvalue weighted by atomic mass is 10.3. The van der Waals surface area contributed by atoms with Gasteiger partial charge in [-0.15, -0.1) is 0 Å². The average molecular weight is 308 g/mol. The molecule has 0 aliphatic rings. The Labute approximate surface area is 123 Å². The van der Waals surface area contributed by atoms with Crippen LogP contribution >= 0.6 is 0 Å². The molecule has 1 aromatic heterocycles. The van der Waals surface area contributed by atoms with Crippen LogP contribution in [-0.4, -0.2) is 39.6 Å². The van der Waals surface area contributed by atoms with E-state index in [4.69, 9.17) is 4.74 Å². The predicted molar refractivity (Wildman–Crippen MR) is 80.2 cm³/mol. The van der Waals surface area contributed by atoms with E-state index in [-0.39, 0.29) is 16.5 Å². The maximum absolute atomic E-state index is 12.4. The Kier molecular flexibility index (Phi) is 4.27. The van der Waals surface area contributed by atoms with Crippen LogP contribution in [0.5, 0.6) is 5.75 Å². The molecule has 0 unspecified atom stereocenters. The first-order chi connectivity index (χ1) is 9.94. The van der Waals surface area contributed by atoms with E-state index < -0.39 is 10.0 Å². The van der Waals surface area contributed by atoms with Gasteiger partial charge in [-0.1, -0.05) is 12.1 Å². The molecular weight excluding hydrogens is 292 g/mol. The molecule has 0 aliphatic carbocycles. The van der Waals surface area contributed by atoms with E-state index in [2.05, 4.69) is 14.7 Å². The van der Waals surface area contributed by atoms with E-state index in [1.807, 2.05) is 0 Å². The Morgan fingerprint density at radius 2 is 1.90 bits per heavy atom. The monoisotopic (exact) mass is 308 g/mol. The molecular formula is C13H16N4O3S. The van der Waals surface area contributed by atoms with Gasteiger partial charge in [0.1, 0.15) is 16.5 Å². The van der Waals surface area contributed by atoms with Crippen molar-refractivity contribution in [1.29, 1.82) is 0 Å². The van der Waals surface area contributed by atoms with E-state index in [0.29, 0.717) is 5.95 Å². The first-order valence-corrected chi connectivity index (χ1v) is 7.58. The van der Waals surface area contributed by atoms with Gasteiger partial charge < -0.3 is 9.64 Å². The average Bonchev–Trinajstić information content (AvgIpc) is 2.47. The van der Waals surface area contributed by atoms with Gasteiger partial charge in [-0.3, -0.25) is 4.72 Å². The lowest BCUT2D eigenvalue weighted by Crippen LogP contribution is -2.17. The molecule has 2 rings (SSSR count). The number of nitrogens with one attached hydrogen (secondary N) is 1. The summed E-state index contributed by atoms with van der Waals surface area (Å²) in [6.07, 6.45) is 1.49. The first-order valence-electron chi connectivity index (χ1n) is 6.10. The normalized spacial score (nSPS) is 11.0. The van der Waals surface area contributed by atoms with Gasteiger partial charge in [0.15, 0.2) is 0 Å². The fourth-order valence-corrected chi connectivity index (χ4v) is 2.83. The number of anilines is 2. The molecule has 0 bridgehead atoms. The first kappa shape index (κ1) is 15.0. The minimum Gasteiger partial charge on any atom is -0.495 e. The summed E-state index contributed by atoms with van der Waals surface area (Å²) in [5.74, 6) is 0.877. The van der Waals surface area contributed by atoms with Gasteiger partial charge in [0.25, 0.3) is 10.0 Å². The molecule has 1 aromatic carbocycles. The predicted octanol–water partition coefficient (Wildman–Crippen LogP) is 1.35. The van der Waals surface area contributed by atoms with Crippen LogP contribution in [0.4, 0.5) is 11.8 Å². The molecule has 0 fully saturated rings. The highest BCUT2D eigenvalue weighted by atomic mass is 32.2. The van der Waals surface area contributed by atoms with Crippen LogP contribution in [0.2, 0.25) is 0 Å². The van der Waals surface area contributed by atoms with E-state index in [1.54, 1.807) is 37.2 Å². The summed E-state index contributed by atoms with van der Waals surface area (Å²) in [5.41, 5.74) is 0. The van der Waals surface area contributed by atoms with Crippen molar-refractivity contribution in [3.8, 4) is 5.75 Å². The van der Waals surface area contributed by atoms with Crippen LogP contribution in [-0.2, 0) is 10.0 Å². The van der Waals surface area contributed by atoms with Gasteiger partial charge in [-0.2, -0.15) is 4.98 Å². The van der Waals surface area contributed by atoms with Crippen molar-refractivity contribution in [2.45, 2.75) is 4.90 Å². The number of rotatable bonds is 5. The minimum absolute atomic E-state index is 0.0533. The number of methoxy groups -OCH3 is 1. The lowest BCUT2D eigenvalue weighted by molar-refractivity contribution is 0.403. The fourth-order valence-electron chi connectivity index (χ4n) is 1.65. The molecule has 0 aliphatic heterocycles. The number of para-hydroxylation sites is 1. The number of ether oxygens (including phenoxy) is 1. The van der Waals surface area contributed by atoms with E-state index in [0.717, 1.165) is 0 Å². The summed E-state index contributed by atoms with van der Waals surface area (Å²) < 4.78 is 32.3. The third kappa shape index (κ3) is 3.40. The van der Waals surface area contributed by atoms with Gasteiger partial charge in [0.05, 0.1) is 7.11 Å². The smallest absolute Gasteiger partial charge is 0.266 e. The Hall–Kier alpha value is -2.35. The molecule has 0 spiro atoms. The number of aromatic nitrogens is 2. The molecule has 21 heavy (non-hydrogen) atoms. The van der Waals surface area contributed by atoms with E-state index in [1.165, 1.54) is 25.4 Å². The zero-order valence-electron chi connectivity index (χ0n) is 11.9. The summed E-state index contributed by atoms with van der Waals surface area (Å²) in [5, 5.41) is 0. The van der Waals surface area contributed by atoms with Crippen LogP contribution in [0, 0.1) is 0 Å². The van der Waals surface area contributed by atoms with E-state index in [9.17, 15) is 8.42 Å². The molecule has 0 radical (unpaired) electrons.